The van der Waals surface area contributed by atoms with Crippen LogP contribution < -0.4 is 9.50 Å². The first kappa shape index (κ1) is 24.7. The lowest BCUT2D eigenvalue weighted by atomic mass is 9.98. The van der Waals surface area contributed by atoms with Crippen molar-refractivity contribution in [3.05, 3.63) is 59.7 Å². The molecule has 0 radical (unpaired) electrons. The number of anilines is 1. The smallest absolute Gasteiger partial charge is 0.335 e. The van der Waals surface area contributed by atoms with Crippen LogP contribution in [-0.4, -0.2) is 47.0 Å². The molecular weight excluding hydrogens is 418 g/mol. The highest BCUT2D eigenvalue weighted by molar-refractivity contribution is 7.86. The molecule has 0 amide bonds. The van der Waals surface area contributed by atoms with Crippen molar-refractivity contribution in [3.8, 4) is 5.75 Å². The number of ether oxygens (including phenoxy) is 2. The molecular formula is C23H31NO6S. The molecule has 1 unspecified atom stereocenters. The average Bonchev–Trinajstić information content (AvgIpc) is 2.72. The number of rotatable bonds is 12. The predicted molar refractivity (Wildman–Crippen MR) is 121 cm³/mol. The molecule has 2 atom stereocenters. The van der Waals surface area contributed by atoms with Crippen molar-refractivity contribution in [2.24, 2.45) is 0 Å². The third kappa shape index (κ3) is 8.59. The second-order valence-corrected chi connectivity index (χ2v) is 8.93. The maximum atomic E-state index is 11.9. The van der Waals surface area contributed by atoms with E-state index in [-0.39, 0.29) is 5.97 Å². The van der Waals surface area contributed by atoms with Crippen molar-refractivity contribution in [2.75, 3.05) is 31.8 Å². The fourth-order valence-electron chi connectivity index (χ4n) is 3.10. The molecule has 170 valence electrons. The Labute approximate surface area is 184 Å². The highest BCUT2D eigenvalue weighted by Crippen LogP contribution is 2.23. The quantitative estimate of drug-likeness (QED) is 0.390. The largest absolute Gasteiger partial charge is 0.464 e. The van der Waals surface area contributed by atoms with Gasteiger partial charge in [-0.25, -0.2) is 4.79 Å². The third-order valence-electron chi connectivity index (χ3n) is 4.81. The van der Waals surface area contributed by atoms with Crippen LogP contribution in [0.3, 0.4) is 0 Å². The molecule has 0 fully saturated rings. The minimum atomic E-state index is -3.51. The molecule has 2 aromatic carbocycles. The van der Waals surface area contributed by atoms with Gasteiger partial charge in [0.05, 0.1) is 12.9 Å². The first-order valence-electron chi connectivity index (χ1n) is 10.2. The molecule has 0 saturated carbocycles. The van der Waals surface area contributed by atoms with E-state index in [4.69, 9.17) is 13.7 Å². The average molecular weight is 450 g/mol. The lowest BCUT2D eigenvalue weighted by Gasteiger charge is -2.15. The highest BCUT2D eigenvalue weighted by Gasteiger charge is 2.19. The first-order chi connectivity index (χ1) is 14.7. The van der Waals surface area contributed by atoms with Gasteiger partial charge in [0, 0.05) is 25.8 Å². The van der Waals surface area contributed by atoms with Crippen LogP contribution in [0.15, 0.2) is 48.5 Å². The molecule has 0 spiro atoms. The molecule has 8 heteroatoms. The summed E-state index contributed by atoms with van der Waals surface area (Å²) in [5.74, 6) is 0.263. The number of methoxy groups -OCH3 is 1. The summed E-state index contributed by atoms with van der Waals surface area (Å²) >= 11 is 0. The number of esters is 1. The standard InChI is InChI=1S/C23H31NO6S/c1-5-29-23(25)22(28-3)16-18-6-10-20(11-7-18)24-15-14-17(2)19-8-12-21(13-9-19)30-31(4,26)27/h6-13,17,22,24H,5,14-16H2,1-4H3/t17?,22-/m0/s1. The van der Waals surface area contributed by atoms with Gasteiger partial charge in [0.2, 0.25) is 0 Å². The van der Waals surface area contributed by atoms with Crippen molar-refractivity contribution in [1.29, 1.82) is 0 Å². The van der Waals surface area contributed by atoms with E-state index in [9.17, 15) is 13.2 Å². The van der Waals surface area contributed by atoms with Crippen LogP contribution in [0.4, 0.5) is 5.69 Å². The summed E-state index contributed by atoms with van der Waals surface area (Å²) in [5.41, 5.74) is 3.11. The summed E-state index contributed by atoms with van der Waals surface area (Å²) in [6.07, 6.45) is 1.79. The number of carbonyl (C=O) groups excluding carboxylic acids is 1. The van der Waals surface area contributed by atoms with Crippen LogP contribution in [0.5, 0.6) is 5.75 Å². The second kappa shape index (κ2) is 11.7. The lowest BCUT2D eigenvalue weighted by molar-refractivity contribution is -0.154. The van der Waals surface area contributed by atoms with Crippen LogP contribution in [0.1, 0.15) is 37.3 Å². The van der Waals surface area contributed by atoms with E-state index >= 15 is 0 Å². The number of hydrogen-bond acceptors (Lipinski definition) is 7. The van der Waals surface area contributed by atoms with Gasteiger partial charge in [0.15, 0.2) is 6.10 Å². The highest BCUT2D eigenvalue weighted by atomic mass is 32.2. The topological polar surface area (TPSA) is 90.9 Å². The maximum absolute atomic E-state index is 11.9. The molecule has 0 bridgehead atoms. The van der Waals surface area contributed by atoms with Crippen LogP contribution in [0.2, 0.25) is 0 Å². The van der Waals surface area contributed by atoms with Crippen molar-refractivity contribution >= 4 is 21.8 Å². The van der Waals surface area contributed by atoms with E-state index in [0.717, 1.165) is 36.0 Å². The van der Waals surface area contributed by atoms with Gasteiger partial charge in [-0.3, -0.25) is 0 Å². The number of benzene rings is 2. The first-order valence-corrected chi connectivity index (χ1v) is 12.0. The number of hydrogen-bond donors (Lipinski definition) is 1. The fraction of sp³-hybridized carbons (Fsp3) is 0.435. The van der Waals surface area contributed by atoms with Crippen LogP contribution >= 0.6 is 0 Å². The molecule has 0 aliphatic carbocycles. The van der Waals surface area contributed by atoms with Gasteiger partial charge < -0.3 is 19.0 Å². The lowest BCUT2D eigenvalue weighted by Crippen LogP contribution is -2.27. The Hall–Kier alpha value is -2.58. The van der Waals surface area contributed by atoms with Crippen molar-refractivity contribution in [1.82, 2.24) is 0 Å². The SMILES string of the molecule is CCOC(=O)[C@H](Cc1ccc(NCCC(C)c2ccc(OS(C)(=O)=O)cc2)cc1)OC. The molecule has 2 rings (SSSR count). The van der Waals surface area contributed by atoms with E-state index in [1.54, 1.807) is 19.1 Å². The Morgan fingerprint density at radius 3 is 2.26 bits per heavy atom. The molecule has 7 nitrogen and oxygen atoms in total. The molecule has 1 N–H and O–H groups in total. The number of nitrogens with one attached hydrogen (secondary N) is 1. The molecule has 2 aromatic rings. The molecule has 31 heavy (non-hydrogen) atoms. The number of carbonyl (C=O) groups is 1. The minimum Gasteiger partial charge on any atom is -0.464 e. The molecule has 0 saturated heterocycles. The summed E-state index contributed by atoms with van der Waals surface area (Å²) in [4.78, 5) is 11.9. The maximum Gasteiger partial charge on any atom is 0.335 e. The summed E-state index contributed by atoms with van der Waals surface area (Å²) < 4.78 is 37.5. The van der Waals surface area contributed by atoms with E-state index in [0.29, 0.717) is 24.7 Å². The second-order valence-electron chi connectivity index (χ2n) is 7.35. The summed E-state index contributed by atoms with van der Waals surface area (Å²) in [6.45, 7) is 5.01. The van der Waals surface area contributed by atoms with Gasteiger partial charge in [0.1, 0.15) is 5.75 Å². The van der Waals surface area contributed by atoms with Crippen molar-refractivity contribution < 1.29 is 26.9 Å². The van der Waals surface area contributed by atoms with Crippen molar-refractivity contribution in [3.63, 3.8) is 0 Å². The minimum absolute atomic E-state index is 0.297. The van der Waals surface area contributed by atoms with Gasteiger partial charge in [-0.2, -0.15) is 8.42 Å². The molecule has 0 aromatic heterocycles. The molecule has 0 heterocycles. The Bertz CT molecular complexity index is 926. The van der Waals surface area contributed by atoms with Crippen LogP contribution in [0.25, 0.3) is 0 Å². The zero-order chi connectivity index (χ0) is 22.9. The van der Waals surface area contributed by atoms with E-state index < -0.39 is 16.2 Å². The van der Waals surface area contributed by atoms with Crippen LogP contribution in [-0.2, 0) is 30.8 Å². The summed E-state index contributed by atoms with van der Waals surface area (Å²) in [5, 5.41) is 3.40. The van der Waals surface area contributed by atoms with Crippen molar-refractivity contribution in [2.45, 2.75) is 38.7 Å². The van der Waals surface area contributed by atoms with Gasteiger partial charge in [0.25, 0.3) is 0 Å². The predicted octanol–water partition coefficient (Wildman–Crippen LogP) is 3.75. The Kier molecular flexibility index (Phi) is 9.33. The zero-order valence-electron chi connectivity index (χ0n) is 18.5. The Balaban J connectivity index is 1.82. The van der Waals surface area contributed by atoms with E-state index in [1.807, 2.05) is 36.4 Å². The molecule has 0 aliphatic rings. The Morgan fingerprint density at radius 2 is 1.71 bits per heavy atom. The Morgan fingerprint density at radius 1 is 1.06 bits per heavy atom. The van der Waals surface area contributed by atoms with Gasteiger partial charge in [-0.1, -0.05) is 31.2 Å². The summed E-state index contributed by atoms with van der Waals surface area (Å²) in [7, 11) is -2.01. The van der Waals surface area contributed by atoms with Crippen LogP contribution in [0, 0.1) is 0 Å². The monoisotopic (exact) mass is 449 g/mol. The summed E-state index contributed by atoms with van der Waals surface area (Å²) in [6, 6.07) is 15.0. The molecule has 0 aliphatic heterocycles. The zero-order valence-corrected chi connectivity index (χ0v) is 19.3. The van der Waals surface area contributed by atoms with E-state index in [2.05, 4.69) is 12.2 Å². The normalized spacial score (nSPS) is 13.3. The van der Waals surface area contributed by atoms with Gasteiger partial charge >= 0.3 is 16.1 Å². The fourth-order valence-corrected chi connectivity index (χ4v) is 3.56. The van der Waals surface area contributed by atoms with Gasteiger partial charge in [-0.05, 0) is 54.7 Å². The third-order valence-corrected chi connectivity index (χ3v) is 5.31. The van der Waals surface area contributed by atoms with E-state index in [1.165, 1.54) is 7.11 Å². The van der Waals surface area contributed by atoms with Gasteiger partial charge in [-0.15, -0.1) is 0 Å².